The van der Waals surface area contributed by atoms with Crippen LogP contribution in [-0.2, 0) is 0 Å². The predicted octanol–water partition coefficient (Wildman–Crippen LogP) is 6.59. The van der Waals surface area contributed by atoms with Crippen LogP contribution in [-0.4, -0.2) is 29.4 Å². The number of benzene rings is 4. The van der Waals surface area contributed by atoms with E-state index in [1.54, 1.807) is 71.6 Å². The fourth-order valence-electron chi connectivity index (χ4n) is 6.91. The Bertz CT molecular complexity index is 1740. The van der Waals surface area contributed by atoms with Crippen molar-refractivity contribution in [1.29, 1.82) is 0 Å². The number of carbonyl (C=O) groups excluding carboxylic acids is 3. The lowest BCUT2D eigenvalue weighted by Gasteiger charge is -2.37. The fraction of sp³-hybridized carbons (Fsp3) is 0.147. The first kappa shape index (κ1) is 24.3. The van der Waals surface area contributed by atoms with Crippen molar-refractivity contribution in [3.8, 4) is 0 Å². The van der Waals surface area contributed by atoms with E-state index in [9.17, 15) is 18.8 Å². The zero-order valence-electron chi connectivity index (χ0n) is 21.5. The van der Waals surface area contributed by atoms with Crippen molar-refractivity contribution in [2.45, 2.75) is 24.9 Å². The standard InChI is InChI=1S/C34H23F2NO3/c1-19-10-12-20(13-11-19)31(38)30-29(25-8-4-5-9-26(25)36)34(32(39)23-6-2-3-7-24(23)33(34)40)28-17-14-21-18-22(35)15-16-27(21)37(28)30/h2-18,28-30H,1H3/t28-,29-,30-/m0/s1. The quantitative estimate of drug-likeness (QED) is 0.221. The topological polar surface area (TPSA) is 54.5 Å². The van der Waals surface area contributed by atoms with Crippen LogP contribution >= 0.6 is 0 Å². The number of nitrogens with zero attached hydrogens (tertiary/aromatic N) is 1. The zero-order chi connectivity index (χ0) is 27.8. The van der Waals surface area contributed by atoms with Crippen molar-refractivity contribution >= 4 is 29.1 Å². The number of rotatable bonds is 3. The first-order valence-corrected chi connectivity index (χ1v) is 13.1. The largest absolute Gasteiger partial charge is 0.352 e. The molecule has 6 heteroatoms. The second-order valence-corrected chi connectivity index (χ2v) is 10.7. The maximum absolute atomic E-state index is 15.8. The van der Waals surface area contributed by atoms with Gasteiger partial charge in [0.15, 0.2) is 17.3 Å². The van der Waals surface area contributed by atoms with E-state index in [4.69, 9.17) is 0 Å². The van der Waals surface area contributed by atoms with Gasteiger partial charge in [-0.15, -0.1) is 0 Å². The van der Waals surface area contributed by atoms with Crippen molar-refractivity contribution in [2.75, 3.05) is 4.90 Å². The summed E-state index contributed by atoms with van der Waals surface area (Å²) >= 11 is 0. The SMILES string of the molecule is Cc1ccc(C(=O)[C@@H]2[C@H](c3ccccc3F)C3(C(=O)c4ccccc4C3=O)[C@@H]3C=Cc4cc(F)ccc4N23)cc1. The van der Waals surface area contributed by atoms with E-state index < -0.39 is 46.6 Å². The first-order chi connectivity index (χ1) is 19.3. The van der Waals surface area contributed by atoms with Crippen LogP contribution in [0.1, 0.15) is 53.7 Å². The molecule has 0 amide bonds. The van der Waals surface area contributed by atoms with Gasteiger partial charge in [0.2, 0.25) is 0 Å². The van der Waals surface area contributed by atoms with Gasteiger partial charge in [-0.3, -0.25) is 14.4 Å². The number of carbonyl (C=O) groups is 3. The molecule has 1 spiro atoms. The predicted molar refractivity (Wildman–Crippen MR) is 148 cm³/mol. The highest BCUT2D eigenvalue weighted by atomic mass is 19.1. The highest BCUT2D eigenvalue weighted by Crippen LogP contribution is 2.61. The summed E-state index contributed by atoms with van der Waals surface area (Å²) in [6.45, 7) is 1.91. The third kappa shape index (κ3) is 3.13. The number of halogens is 2. The normalized spacial score (nSPS) is 21.9. The van der Waals surface area contributed by atoms with Gasteiger partial charge in [0.1, 0.15) is 23.1 Å². The molecule has 0 saturated carbocycles. The summed E-state index contributed by atoms with van der Waals surface area (Å²) in [7, 11) is 0. The van der Waals surface area contributed by atoms with E-state index >= 15 is 4.39 Å². The summed E-state index contributed by atoms with van der Waals surface area (Å²) in [6, 6.07) is 21.8. The number of Topliss-reactive ketones (excluding diaryl/α,β-unsaturated/α-hetero) is 3. The Morgan fingerprint density at radius 2 is 1.48 bits per heavy atom. The molecule has 40 heavy (non-hydrogen) atoms. The molecular formula is C34H23F2NO3. The zero-order valence-corrected chi connectivity index (χ0v) is 21.5. The summed E-state index contributed by atoms with van der Waals surface area (Å²) in [4.78, 5) is 45.3. The van der Waals surface area contributed by atoms with Gasteiger partial charge in [0, 0.05) is 33.9 Å². The molecule has 3 aliphatic rings. The first-order valence-electron chi connectivity index (χ1n) is 13.1. The molecule has 1 aliphatic carbocycles. The van der Waals surface area contributed by atoms with E-state index in [0.29, 0.717) is 16.8 Å². The third-order valence-corrected chi connectivity index (χ3v) is 8.61. The Morgan fingerprint density at radius 3 is 2.15 bits per heavy atom. The second kappa shape index (κ2) is 8.65. The fourth-order valence-corrected chi connectivity index (χ4v) is 6.91. The van der Waals surface area contributed by atoms with Gasteiger partial charge >= 0.3 is 0 Å². The van der Waals surface area contributed by atoms with Crippen LogP contribution in [0.4, 0.5) is 14.5 Å². The number of ketones is 3. The summed E-state index contributed by atoms with van der Waals surface area (Å²) in [5, 5.41) is 0. The molecule has 2 aliphatic heterocycles. The van der Waals surface area contributed by atoms with Gasteiger partial charge in [-0.05, 0) is 36.8 Å². The minimum atomic E-state index is -1.81. The number of hydrogen-bond acceptors (Lipinski definition) is 4. The highest BCUT2D eigenvalue weighted by molar-refractivity contribution is 6.32. The van der Waals surface area contributed by atoms with E-state index in [1.165, 1.54) is 24.3 Å². The minimum Gasteiger partial charge on any atom is -0.352 e. The van der Waals surface area contributed by atoms with E-state index in [2.05, 4.69) is 0 Å². The molecule has 0 aromatic heterocycles. The van der Waals surface area contributed by atoms with Crippen molar-refractivity contribution < 1.29 is 23.2 Å². The molecule has 196 valence electrons. The molecule has 0 radical (unpaired) electrons. The van der Waals surface area contributed by atoms with Crippen LogP contribution in [0.2, 0.25) is 0 Å². The smallest absolute Gasteiger partial charge is 0.185 e. The lowest BCUT2D eigenvalue weighted by atomic mass is 9.64. The van der Waals surface area contributed by atoms with Gasteiger partial charge in [-0.2, -0.15) is 0 Å². The minimum absolute atomic E-state index is 0.119. The Labute approximate surface area is 229 Å². The molecule has 0 N–H and O–H groups in total. The van der Waals surface area contributed by atoms with E-state index in [-0.39, 0.29) is 22.5 Å². The maximum Gasteiger partial charge on any atom is 0.185 e. The van der Waals surface area contributed by atoms with Crippen molar-refractivity contribution in [1.82, 2.24) is 0 Å². The lowest BCUT2D eigenvalue weighted by Crippen LogP contribution is -2.48. The Balaban J connectivity index is 1.56. The monoisotopic (exact) mass is 531 g/mol. The maximum atomic E-state index is 15.8. The third-order valence-electron chi connectivity index (χ3n) is 8.61. The molecule has 1 fully saturated rings. The average Bonchev–Trinajstić information content (AvgIpc) is 3.39. The average molecular weight is 532 g/mol. The Hall–Kier alpha value is -4.71. The summed E-state index contributed by atoms with van der Waals surface area (Å²) in [6.07, 6.45) is 3.38. The van der Waals surface area contributed by atoms with Crippen LogP contribution in [0.3, 0.4) is 0 Å². The molecule has 1 saturated heterocycles. The van der Waals surface area contributed by atoms with Gasteiger partial charge in [-0.25, -0.2) is 8.78 Å². The van der Waals surface area contributed by atoms with Crippen LogP contribution in [0.15, 0.2) is 97.1 Å². The number of anilines is 1. The van der Waals surface area contributed by atoms with Gasteiger partial charge in [-0.1, -0.05) is 84.4 Å². The molecule has 2 heterocycles. The molecule has 4 aromatic rings. The molecule has 0 unspecified atom stereocenters. The molecule has 4 aromatic carbocycles. The molecule has 0 bridgehead atoms. The number of fused-ring (bicyclic) bond motifs is 5. The molecule has 7 rings (SSSR count). The lowest BCUT2D eigenvalue weighted by molar-refractivity contribution is 0.0664. The van der Waals surface area contributed by atoms with Crippen molar-refractivity contribution in [3.05, 3.63) is 142 Å². The van der Waals surface area contributed by atoms with Gasteiger partial charge < -0.3 is 4.90 Å². The Kier molecular flexibility index (Phi) is 5.26. The second-order valence-electron chi connectivity index (χ2n) is 10.7. The summed E-state index contributed by atoms with van der Waals surface area (Å²) in [5.74, 6) is -3.44. The van der Waals surface area contributed by atoms with Crippen LogP contribution < -0.4 is 4.90 Å². The van der Waals surface area contributed by atoms with E-state index in [0.717, 1.165) is 5.56 Å². The van der Waals surface area contributed by atoms with Crippen LogP contribution in [0, 0.1) is 24.0 Å². The molecule has 3 atom stereocenters. The highest BCUT2D eigenvalue weighted by Gasteiger charge is 2.71. The van der Waals surface area contributed by atoms with Crippen molar-refractivity contribution in [3.63, 3.8) is 0 Å². The van der Waals surface area contributed by atoms with Crippen molar-refractivity contribution in [2.24, 2.45) is 5.41 Å². The van der Waals surface area contributed by atoms with Crippen LogP contribution in [0.5, 0.6) is 0 Å². The summed E-state index contributed by atoms with van der Waals surface area (Å²) in [5.41, 5.74) is 1.19. The molecule has 4 nitrogen and oxygen atoms in total. The van der Waals surface area contributed by atoms with Gasteiger partial charge in [0.25, 0.3) is 0 Å². The number of aryl methyl sites for hydroxylation is 1. The van der Waals surface area contributed by atoms with E-state index in [1.807, 2.05) is 19.1 Å². The van der Waals surface area contributed by atoms with Gasteiger partial charge in [0.05, 0.1) is 6.04 Å². The number of hydrogen-bond donors (Lipinski definition) is 0. The molecular weight excluding hydrogens is 508 g/mol. The van der Waals surface area contributed by atoms with Crippen LogP contribution in [0.25, 0.3) is 6.08 Å². The summed E-state index contributed by atoms with van der Waals surface area (Å²) < 4.78 is 30.1. The Morgan fingerprint density at radius 1 is 0.825 bits per heavy atom.